The monoisotopic (exact) mass is 184 g/mol. The Bertz CT molecular complexity index is 111. The fraction of sp³-hybridized carbons (Fsp3) is 1.00. The van der Waals surface area contributed by atoms with Gasteiger partial charge >= 0.3 is 6.36 Å². The van der Waals surface area contributed by atoms with E-state index in [0.29, 0.717) is 6.42 Å². The standard InChI is InChI=1S/C8H15F3O/c1-3-4-5-6-7(2)12-8(9,10)11/h7H,3-6H2,1-2H3/t7-/m1/s1. The maximum atomic E-state index is 11.6. The van der Waals surface area contributed by atoms with Gasteiger partial charge in [0.05, 0.1) is 6.10 Å². The first kappa shape index (κ1) is 11.8. The second kappa shape index (κ2) is 5.41. The molecule has 0 bridgehead atoms. The molecule has 0 aromatic rings. The second-order valence-electron chi connectivity index (χ2n) is 2.87. The normalized spacial score (nSPS) is 14.8. The lowest BCUT2D eigenvalue weighted by Gasteiger charge is -2.14. The smallest absolute Gasteiger partial charge is 0.289 e. The molecule has 0 N–H and O–H groups in total. The molecule has 0 saturated heterocycles. The minimum absolute atomic E-state index is 0.480. The molecule has 0 aliphatic heterocycles. The van der Waals surface area contributed by atoms with Crippen LogP contribution < -0.4 is 0 Å². The molecule has 0 fully saturated rings. The van der Waals surface area contributed by atoms with Crippen molar-refractivity contribution in [3.8, 4) is 0 Å². The van der Waals surface area contributed by atoms with Gasteiger partial charge in [0.2, 0.25) is 0 Å². The zero-order valence-electron chi connectivity index (χ0n) is 7.45. The zero-order valence-corrected chi connectivity index (χ0v) is 7.45. The molecular formula is C8H15F3O. The van der Waals surface area contributed by atoms with Crippen molar-refractivity contribution in [2.45, 2.75) is 52.0 Å². The highest BCUT2D eigenvalue weighted by Crippen LogP contribution is 2.20. The molecule has 0 aliphatic rings. The first-order chi connectivity index (χ1) is 5.45. The van der Waals surface area contributed by atoms with E-state index >= 15 is 0 Å². The summed E-state index contributed by atoms with van der Waals surface area (Å²) >= 11 is 0. The number of halogens is 3. The van der Waals surface area contributed by atoms with Crippen molar-refractivity contribution in [2.24, 2.45) is 0 Å². The topological polar surface area (TPSA) is 9.23 Å². The van der Waals surface area contributed by atoms with Crippen molar-refractivity contribution in [1.82, 2.24) is 0 Å². The maximum absolute atomic E-state index is 11.6. The number of unbranched alkanes of at least 4 members (excludes halogenated alkanes) is 2. The fourth-order valence-corrected chi connectivity index (χ4v) is 0.969. The lowest BCUT2D eigenvalue weighted by Crippen LogP contribution is -2.21. The number of hydrogen-bond donors (Lipinski definition) is 0. The summed E-state index contributed by atoms with van der Waals surface area (Å²) in [4.78, 5) is 0. The molecule has 4 heteroatoms. The Morgan fingerprint density at radius 1 is 1.25 bits per heavy atom. The van der Waals surface area contributed by atoms with Gasteiger partial charge in [0.1, 0.15) is 0 Å². The van der Waals surface area contributed by atoms with E-state index in [2.05, 4.69) is 4.74 Å². The Morgan fingerprint density at radius 3 is 2.25 bits per heavy atom. The molecule has 1 atom stereocenters. The Labute approximate surface area is 70.9 Å². The predicted octanol–water partition coefficient (Wildman–Crippen LogP) is 3.49. The van der Waals surface area contributed by atoms with Crippen molar-refractivity contribution in [2.75, 3.05) is 0 Å². The van der Waals surface area contributed by atoms with Gasteiger partial charge in [-0.25, -0.2) is 0 Å². The summed E-state index contributed by atoms with van der Waals surface area (Å²) in [5, 5.41) is 0. The third-order valence-corrected chi connectivity index (χ3v) is 1.55. The van der Waals surface area contributed by atoms with Crippen molar-refractivity contribution < 1.29 is 17.9 Å². The Kier molecular flexibility index (Phi) is 5.29. The minimum Gasteiger partial charge on any atom is -0.289 e. The largest absolute Gasteiger partial charge is 0.522 e. The Hall–Kier alpha value is -0.250. The van der Waals surface area contributed by atoms with Crippen LogP contribution in [-0.4, -0.2) is 12.5 Å². The predicted molar refractivity (Wildman–Crippen MR) is 40.7 cm³/mol. The van der Waals surface area contributed by atoms with Crippen LogP contribution in [0.2, 0.25) is 0 Å². The SMILES string of the molecule is CCCCC[C@@H](C)OC(F)(F)F. The summed E-state index contributed by atoms with van der Waals surface area (Å²) in [7, 11) is 0. The molecule has 0 unspecified atom stereocenters. The van der Waals surface area contributed by atoms with E-state index in [1.54, 1.807) is 0 Å². The van der Waals surface area contributed by atoms with Crippen molar-refractivity contribution in [1.29, 1.82) is 0 Å². The molecule has 0 saturated carbocycles. The highest BCUT2D eigenvalue weighted by atomic mass is 19.4. The molecule has 0 aromatic heterocycles. The van der Waals surface area contributed by atoms with E-state index in [4.69, 9.17) is 0 Å². The van der Waals surface area contributed by atoms with E-state index in [9.17, 15) is 13.2 Å². The summed E-state index contributed by atoms with van der Waals surface area (Å²) in [6, 6.07) is 0. The van der Waals surface area contributed by atoms with Crippen LogP contribution in [0.15, 0.2) is 0 Å². The van der Waals surface area contributed by atoms with Gasteiger partial charge in [0.25, 0.3) is 0 Å². The van der Waals surface area contributed by atoms with Crippen LogP contribution in [0.3, 0.4) is 0 Å². The van der Waals surface area contributed by atoms with Gasteiger partial charge < -0.3 is 0 Å². The number of rotatable bonds is 5. The first-order valence-electron chi connectivity index (χ1n) is 4.20. The number of ether oxygens (including phenoxy) is 1. The second-order valence-corrected chi connectivity index (χ2v) is 2.87. The quantitative estimate of drug-likeness (QED) is 0.594. The summed E-state index contributed by atoms with van der Waals surface area (Å²) in [5.74, 6) is 0. The van der Waals surface area contributed by atoms with Crippen LogP contribution >= 0.6 is 0 Å². The van der Waals surface area contributed by atoms with E-state index in [1.165, 1.54) is 6.92 Å². The molecule has 12 heavy (non-hydrogen) atoms. The van der Waals surface area contributed by atoms with Crippen LogP contribution in [-0.2, 0) is 4.74 Å². The molecule has 0 heterocycles. The van der Waals surface area contributed by atoms with Crippen LogP contribution in [0.5, 0.6) is 0 Å². The molecule has 0 amide bonds. The van der Waals surface area contributed by atoms with Crippen molar-refractivity contribution in [3.05, 3.63) is 0 Å². The van der Waals surface area contributed by atoms with Gasteiger partial charge in [0, 0.05) is 0 Å². The van der Waals surface area contributed by atoms with E-state index in [0.717, 1.165) is 19.3 Å². The Morgan fingerprint density at radius 2 is 1.83 bits per heavy atom. The van der Waals surface area contributed by atoms with E-state index < -0.39 is 12.5 Å². The van der Waals surface area contributed by atoms with Crippen LogP contribution in [0.4, 0.5) is 13.2 Å². The minimum atomic E-state index is -4.48. The van der Waals surface area contributed by atoms with Gasteiger partial charge in [-0.3, -0.25) is 4.74 Å². The highest BCUT2D eigenvalue weighted by Gasteiger charge is 2.31. The Balaban J connectivity index is 3.40. The summed E-state index contributed by atoms with van der Waals surface area (Å²) in [5.41, 5.74) is 0. The van der Waals surface area contributed by atoms with Gasteiger partial charge in [-0.05, 0) is 13.3 Å². The number of alkyl halides is 3. The van der Waals surface area contributed by atoms with Crippen molar-refractivity contribution >= 4 is 0 Å². The van der Waals surface area contributed by atoms with Crippen LogP contribution in [0.25, 0.3) is 0 Å². The van der Waals surface area contributed by atoms with Crippen molar-refractivity contribution in [3.63, 3.8) is 0 Å². The van der Waals surface area contributed by atoms with Gasteiger partial charge in [-0.1, -0.05) is 26.2 Å². The highest BCUT2D eigenvalue weighted by molar-refractivity contribution is 4.51. The van der Waals surface area contributed by atoms with E-state index in [-0.39, 0.29) is 0 Å². The lowest BCUT2D eigenvalue weighted by atomic mass is 10.1. The summed E-state index contributed by atoms with van der Waals surface area (Å²) in [6.07, 6.45) is -1.94. The molecule has 1 nitrogen and oxygen atoms in total. The average molecular weight is 184 g/mol. The molecule has 0 rings (SSSR count). The third-order valence-electron chi connectivity index (χ3n) is 1.55. The summed E-state index contributed by atoms with van der Waals surface area (Å²) < 4.78 is 38.6. The molecule has 0 aliphatic carbocycles. The first-order valence-corrected chi connectivity index (χ1v) is 4.20. The van der Waals surface area contributed by atoms with Crippen LogP contribution in [0, 0.1) is 0 Å². The molecular weight excluding hydrogens is 169 g/mol. The maximum Gasteiger partial charge on any atom is 0.522 e. The molecule has 0 aromatic carbocycles. The number of hydrogen-bond acceptors (Lipinski definition) is 1. The third kappa shape index (κ3) is 7.85. The van der Waals surface area contributed by atoms with Gasteiger partial charge in [-0.2, -0.15) is 0 Å². The average Bonchev–Trinajstić information content (AvgIpc) is 1.84. The molecule has 74 valence electrons. The summed E-state index contributed by atoms with van der Waals surface area (Å²) in [6.45, 7) is 3.46. The van der Waals surface area contributed by atoms with E-state index in [1.807, 2.05) is 6.92 Å². The lowest BCUT2D eigenvalue weighted by molar-refractivity contribution is -0.340. The molecule has 0 spiro atoms. The van der Waals surface area contributed by atoms with Gasteiger partial charge in [0.15, 0.2) is 0 Å². The molecule has 0 radical (unpaired) electrons. The zero-order chi connectivity index (χ0) is 9.61. The fourth-order valence-electron chi connectivity index (χ4n) is 0.969. The van der Waals surface area contributed by atoms with Gasteiger partial charge in [-0.15, -0.1) is 13.2 Å². The van der Waals surface area contributed by atoms with Crippen LogP contribution in [0.1, 0.15) is 39.5 Å².